The van der Waals surface area contributed by atoms with Crippen molar-refractivity contribution in [1.82, 2.24) is 5.32 Å². The fraction of sp³-hybridized carbons (Fsp3) is 0.556. The Morgan fingerprint density at radius 2 is 2.12 bits per heavy atom. The molecule has 0 radical (unpaired) electrons. The number of nitrogens with one attached hydrogen (secondary N) is 1. The molecule has 124 valence electrons. The van der Waals surface area contributed by atoms with E-state index >= 15 is 0 Å². The van der Waals surface area contributed by atoms with Gasteiger partial charge in [-0.3, -0.25) is 4.79 Å². The zero-order chi connectivity index (χ0) is 16.6. The Labute approximate surface area is 168 Å². The van der Waals surface area contributed by atoms with Gasteiger partial charge in [0.1, 0.15) is 6.10 Å². The molecule has 0 aliphatic carbocycles. The van der Waals surface area contributed by atoms with Gasteiger partial charge in [-0.15, -0.1) is 11.6 Å². The number of nitrogens with zero attached hydrogens (tertiary/aromatic N) is 1. The molecule has 0 aromatic heterocycles. The quantitative estimate of drug-likeness (QED) is 0.789. The van der Waals surface area contributed by atoms with E-state index in [1.54, 1.807) is 4.90 Å². The third-order valence-electron chi connectivity index (χ3n) is 4.78. The van der Waals surface area contributed by atoms with Crippen molar-refractivity contribution in [2.75, 3.05) is 18.0 Å². The fourth-order valence-corrected chi connectivity index (χ4v) is 3.37. The van der Waals surface area contributed by atoms with E-state index in [0.29, 0.717) is 25.4 Å². The number of aryl methyl sites for hydroxylation is 2. The van der Waals surface area contributed by atoms with Crippen molar-refractivity contribution >= 4 is 17.7 Å². The van der Waals surface area contributed by atoms with Crippen LogP contribution in [0.3, 0.4) is 0 Å². The Hall–Kier alpha value is -0.936. The van der Waals surface area contributed by atoms with Crippen molar-refractivity contribution < 1.29 is 47.0 Å². The van der Waals surface area contributed by atoms with Crippen LogP contribution in [0.15, 0.2) is 6.07 Å². The first-order valence-electron chi connectivity index (χ1n) is 8.27. The summed E-state index contributed by atoms with van der Waals surface area (Å²) in [6.07, 6.45) is 1.94. The normalized spacial score (nSPS) is 23.5. The molecule has 2 unspecified atom stereocenters. The molecular formula is C18H23N2O3Y+2. The number of hydrogen-bond donors (Lipinski definition) is 1. The topological polar surface area (TPSA) is 58.6 Å². The molecule has 2 aliphatic rings. The Bertz CT molecular complexity index is 637. The summed E-state index contributed by atoms with van der Waals surface area (Å²) in [6, 6.07) is 5.51. The van der Waals surface area contributed by atoms with Crippen molar-refractivity contribution in [3.8, 4) is 0 Å². The summed E-state index contributed by atoms with van der Waals surface area (Å²) in [7, 11) is 0. The van der Waals surface area contributed by atoms with Gasteiger partial charge in [-0.1, -0.05) is 26.5 Å². The molecule has 0 bridgehead atoms. The van der Waals surface area contributed by atoms with Crippen LogP contribution < -0.4 is 10.2 Å². The van der Waals surface area contributed by atoms with Gasteiger partial charge >= 0.3 is 38.8 Å². The summed E-state index contributed by atoms with van der Waals surface area (Å²) in [5.41, 5.74) is 4.09. The summed E-state index contributed by atoms with van der Waals surface area (Å²) in [4.78, 5) is 25.1. The molecule has 2 fully saturated rings. The number of carbonyl (C=O) groups is 2. The van der Waals surface area contributed by atoms with Crippen molar-refractivity contribution in [3.63, 3.8) is 0 Å². The molecule has 1 aromatic carbocycles. The second-order valence-electron chi connectivity index (χ2n) is 6.44. The van der Waals surface area contributed by atoms with E-state index in [1.807, 2.05) is 20.8 Å². The van der Waals surface area contributed by atoms with Crippen LogP contribution in [0.5, 0.6) is 0 Å². The van der Waals surface area contributed by atoms with E-state index in [-0.39, 0.29) is 50.8 Å². The van der Waals surface area contributed by atoms with Gasteiger partial charge in [-0.25, -0.2) is 4.79 Å². The third kappa shape index (κ3) is 3.83. The maximum absolute atomic E-state index is 12.1. The van der Waals surface area contributed by atoms with Gasteiger partial charge in [-0.05, 0) is 18.8 Å². The summed E-state index contributed by atoms with van der Waals surface area (Å²) < 4.78 is 5.36. The average molecular weight is 404 g/mol. The first kappa shape index (κ1) is 19.4. The molecule has 0 spiro atoms. The molecule has 1 aromatic rings. The number of benzene rings is 1. The molecule has 6 heteroatoms. The number of carbonyl (C=O) groups excluding carboxylic acids is 2. The minimum atomic E-state index is -0.273. The van der Waals surface area contributed by atoms with Gasteiger partial charge in [0, 0.05) is 13.0 Å². The number of amides is 2. The number of anilines is 1. The van der Waals surface area contributed by atoms with Crippen LogP contribution in [-0.2, 0) is 42.2 Å². The van der Waals surface area contributed by atoms with E-state index in [4.69, 9.17) is 4.74 Å². The monoisotopic (exact) mass is 404 g/mol. The van der Waals surface area contributed by atoms with Crippen molar-refractivity contribution in [1.29, 1.82) is 0 Å². The summed E-state index contributed by atoms with van der Waals surface area (Å²) in [5, 5.41) is 2.92. The predicted octanol–water partition coefficient (Wildman–Crippen LogP) is 2.83. The van der Waals surface area contributed by atoms with E-state index in [1.165, 1.54) is 0 Å². The van der Waals surface area contributed by atoms with Crippen LogP contribution in [0.1, 0.15) is 48.8 Å². The SMILES string of the molecule is CCC1CN(c2cc(C)c(C3CCC(=O)NC3)[c-]c2C)C(=O)O1.[Y+3]. The Kier molecular flexibility index (Phi) is 6.43. The van der Waals surface area contributed by atoms with E-state index in [9.17, 15) is 9.59 Å². The van der Waals surface area contributed by atoms with E-state index < -0.39 is 0 Å². The van der Waals surface area contributed by atoms with Gasteiger partial charge in [-0.2, -0.15) is 17.2 Å². The van der Waals surface area contributed by atoms with Crippen LogP contribution in [0, 0.1) is 19.9 Å². The standard InChI is InChI=1S/C18H23N2O3.Y/c1-4-14-10-20(18(22)23-14)16-8-11(2)15(7-12(16)3)13-5-6-17(21)19-9-13;/h8,13-14H,4-6,9-10H2,1-3H3,(H,19,21);/q-1;+3. The minimum Gasteiger partial charge on any atom is -0.445 e. The maximum atomic E-state index is 12.1. The first-order chi connectivity index (χ1) is 11.0. The predicted molar refractivity (Wildman–Crippen MR) is 87.6 cm³/mol. The number of cyclic esters (lactones) is 1. The largest absolute Gasteiger partial charge is 3.00 e. The van der Waals surface area contributed by atoms with Gasteiger partial charge in [0.15, 0.2) is 0 Å². The van der Waals surface area contributed by atoms with Crippen molar-refractivity contribution in [2.24, 2.45) is 0 Å². The minimum absolute atomic E-state index is 0. The molecule has 24 heavy (non-hydrogen) atoms. The second kappa shape index (κ2) is 7.96. The molecule has 2 heterocycles. The smallest absolute Gasteiger partial charge is 0.445 e. The summed E-state index contributed by atoms with van der Waals surface area (Å²) >= 11 is 0. The van der Waals surface area contributed by atoms with Crippen molar-refractivity contribution in [3.05, 3.63) is 28.8 Å². The number of rotatable bonds is 3. The average Bonchev–Trinajstić information content (AvgIpc) is 2.91. The van der Waals surface area contributed by atoms with Crippen LogP contribution in [0.25, 0.3) is 0 Å². The number of hydrogen-bond acceptors (Lipinski definition) is 3. The zero-order valence-electron chi connectivity index (χ0n) is 14.5. The third-order valence-corrected chi connectivity index (χ3v) is 4.78. The number of piperidine rings is 1. The first-order valence-corrected chi connectivity index (χ1v) is 8.27. The van der Waals surface area contributed by atoms with E-state index in [0.717, 1.165) is 35.2 Å². The Morgan fingerprint density at radius 3 is 2.71 bits per heavy atom. The van der Waals surface area contributed by atoms with Crippen LogP contribution in [0.4, 0.5) is 10.5 Å². The van der Waals surface area contributed by atoms with Crippen LogP contribution >= 0.6 is 0 Å². The van der Waals surface area contributed by atoms with Crippen LogP contribution in [-0.4, -0.2) is 31.2 Å². The molecule has 1 N–H and O–H groups in total. The molecule has 2 saturated heterocycles. The maximum Gasteiger partial charge on any atom is 3.00 e. The molecule has 0 saturated carbocycles. The molecule has 3 rings (SSSR count). The zero-order valence-corrected chi connectivity index (χ0v) is 17.4. The summed E-state index contributed by atoms with van der Waals surface area (Å²) in [6.45, 7) is 7.31. The molecular weight excluding hydrogens is 381 g/mol. The van der Waals surface area contributed by atoms with Gasteiger partial charge in [0.05, 0.1) is 6.54 Å². The van der Waals surface area contributed by atoms with Crippen molar-refractivity contribution in [2.45, 2.75) is 52.1 Å². The van der Waals surface area contributed by atoms with Gasteiger partial charge in [0.25, 0.3) is 0 Å². The Morgan fingerprint density at radius 1 is 1.38 bits per heavy atom. The van der Waals surface area contributed by atoms with Crippen LogP contribution in [0.2, 0.25) is 0 Å². The molecule has 2 amide bonds. The molecule has 5 nitrogen and oxygen atoms in total. The molecule has 2 atom stereocenters. The van der Waals surface area contributed by atoms with Gasteiger partial charge < -0.3 is 15.0 Å². The summed E-state index contributed by atoms with van der Waals surface area (Å²) in [5.74, 6) is 0.423. The van der Waals surface area contributed by atoms with E-state index in [2.05, 4.69) is 17.4 Å². The fourth-order valence-electron chi connectivity index (χ4n) is 3.37. The molecule has 2 aliphatic heterocycles. The Balaban J connectivity index is 0.00000208. The second-order valence-corrected chi connectivity index (χ2v) is 6.44. The van der Waals surface area contributed by atoms with Gasteiger partial charge in [0.2, 0.25) is 5.91 Å². The number of ether oxygens (including phenoxy) is 1.